The van der Waals surface area contributed by atoms with E-state index in [0.29, 0.717) is 11.6 Å². The van der Waals surface area contributed by atoms with E-state index in [1.807, 2.05) is 30.3 Å². The molecule has 0 saturated carbocycles. The predicted octanol–water partition coefficient (Wildman–Crippen LogP) is 3.86. The maximum Gasteiger partial charge on any atom is 0.222 e. The summed E-state index contributed by atoms with van der Waals surface area (Å²) in [7, 11) is 0. The van der Waals surface area contributed by atoms with Gasteiger partial charge in [-0.05, 0) is 49.2 Å². The van der Waals surface area contributed by atoms with Gasteiger partial charge in [-0.2, -0.15) is 0 Å². The summed E-state index contributed by atoms with van der Waals surface area (Å²) in [6, 6.07) is 17.3. The SMILES string of the molecule is CC(=O)N[C@H](CC(=O)NC[C@H](c1ccccc1)N1CCCC1)c1ccc(Cl)cc1. The number of nitrogens with one attached hydrogen (secondary N) is 2. The fourth-order valence-electron chi connectivity index (χ4n) is 3.85. The molecule has 2 atom stereocenters. The molecule has 154 valence electrons. The highest BCUT2D eigenvalue weighted by Crippen LogP contribution is 2.25. The molecule has 2 N–H and O–H groups in total. The quantitative estimate of drug-likeness (QED) is 0.690. The zero-order chi connectivity index (χ0) is 20.6. The summed E-state index contributed by atoms with van der Waals surface area (Å²) in [5.41, 5.74) is 2.07. The highest BCUT2D eigenvalue weighted by Gasteiger charge is 2.24. The van der Waals surface area contributed by atoms with E-state index >= 15 is 0 Å². The van der Waals surface area contributed by atoms with Crippen LogP contribution in [0.15, 0.2) is 54.6 Å². The van der Waals surface area contributed by atoms with E-state index in [1.54, 1.807) is 12.1 Å². The number of hydrogen-bond donors (Lipinski definition) is 2. The van der Waals surface area contributed by atoms with Gasteiger partial charge in [-0.1, -0.05) is 54.1 Å². The molecule has 0 radical (unpaired) electrons. The normalized spacial score (nSPS) is 16.2. The Hall–Kier alpha value is -2.37. The van der Waals surface area contributed by atoms with Crippen LogP contribution in [0.25, 0.3) is 0 Å². The predicted molar refractivity (Wildman–Crippen MR) is 116 cm³/mol. The molecular formula is C23H28ClN3O2. The van der Waals surface area contributed by atoms with Gasteiger partial charge in [0.05, 0.1) is 18.5 Å². The molecule has 5 nitrogen and oxygen atoms in total. The Morgan fingerprint density at radius 2 is 1.66 bits per heavy atom. The van der Waals surface area contributed by atoms with Crippen molar-refractivity contribution in [3.8, 4) is 0 Å². The molecular weight excluding hydrogens is 386 g/mol. The minimum absolute atomic E-state index is 0.0844. The first-order valence-electron chi connectivity index (χ1n) is 10.1. The largest absolute Gasteiger partial charge is 0.354 e. The number of carbonyl (C=O) groups excluding carboxylic acids is 2. The van der Waals surface area contributed by atoms with Crippen molar-refractivity contribution in [3.05, 3.63) is 70.7 Å². The number of amides is 2. The lowest BCUT2D eigenvalue weighted by Gasteiger charge is -2.28. The standard InChI is InChI=1S/C23H28ClN3O2/c1-17(28)26-21(18-9-11-20(24)12-10-18)15-23(29)25-16-22(27-13-5-6-14-27)19-7-3-2-4-8-19/h2-4,7-12,21-22H,5-6,13-16H2,1H3,(H,25,29)(H,26,28)/t21-,22-/m1/s1. The average Bonchev–Trinajstić information content (AvgIpc) is 3.23. The second-order valence-electron chi connectivity index (χ2n) is 7.48. The second-order valence-corrected chi connectivity index (χ2v) is 7.92. The van der Waals surface area contributed by atoms with E-state index in [1.165, 1.54) is 25.3 Å². The van der Waals surface area contributed by atoms with Gasteiger partial charge >= 0.3 is 0 Å². The Morgan fingerprint density at radius 3 is 2.28 bits per heavy atom. The highest BCUT2D eigenvalue weighted by atomic mass is 35.5. The first-order chi connectivity index (χ1) is 14.0. The van der Waals surface area contributed by atoms with Crippen molar-refractivity contribution in [2.75, 3.05) is 19.6 Å². The summed E-state index contributed by atoms with van der Waals surface area (Å²) in [5, 5.41) is 6.57. The highest BCUT2D eigenvalue weighted by molar-refractivity contribution is 6.30. The van der Waals surface area contributed by atoms with Crippen molar-refractivity contribution in [1.29, 1.82) is 0 Å². The Morgan fingerprint density at radius 1 is 1.00 bits per heavy atom. The molecule has 0 spiro atoms. The van der Waals surface area contributed by atoms with Crippen LogP contribution in [0.5, 0.6) is 0 Å². The van der Waals surface area contributed by atoms with Gasteiger partial charge in [0.2, 0.25) is 11.8 Å². The zero-order valence-electron chi connectivity index (χ0n) is 16.7. The number of benzene rings is 2. The van der Waals surface area contributed by atoms with Gasteiger partial charge in [-0.3, -0.25) is 14.5 Å². The third kappa shape index (κ3) is 6.31. The second kappa shape index (κ2) is 10.4. The molecule has 2 aromatic rings. The van der Waals surface area contributed by atoms with Gasteiger partial charge < -0.3 is 10.6 Å². The summed E-state index contributed by atoms with van der Waals surface area (Å²) in [4.78, 5) is 26.8. The number of likely N-dealkylation sites (tertiary alicyclic amines) is 1. The van der Waals surface area contributed by atoms with Crippen LogP contribution < -0.4 is 10.6 Å². The van der Waals surface area contributed by atoms with Crippen molar-refractivity contribution in [2.24, 2.45) is 0 Å². The number of nitrogens with zero attached hydrogens (tertiary/aromatic N) is 1. The summed E-state index contributed by atoms with van der Waals surface area (Å²) in [5.74, 6) is -0.254. The van der Waals surface area contributed by atoms with Crippen LogP contribution >= 0.6 is 11.6 Å². The minimum Gasteiger partial charge on any atom is -0.354 e. The van der Waals surface area contributed by atoms with E-state index in [0.717, 1.165) is 18.7 Å². The van der Waals surface area contributed by atoms with Crippen LogP contribution in [-0.2, 0) is 9.59 Å². The third-order valence-electron chi connectivity index (χ3n) is 5.30. The van der Waals surface area contributed by atoms with E-state index in [9.17, 15) is 9.59 Å². The molecule has 1 saturated heterocycles. The maximum atomic E-state index is 12.7. The van der Waals surface area contributed by atoms with Crippen LogP contribution in [0.3, 0.4) is 0 Å². The van der Waals surface area contributed by atoms with Crippen LogP contribution in [0, 0.1) is 0 Å². The number of carbonyl (C=O) groups is 2. The molecule has 0 bridgehead atoms. The van der Waals surface area contributed by atoms with Gasteiger partial charge in [0.25, 0.3) is 0 Å². The molecule has 0 aliphatic carbocycles. The molecule has 1 aliphatic heterocycles. The lowest BCUT2D eigenvalue weighted by atomic mass is 10.0. The molecule has 6 heteroatoms. The molecule has 2 amide bonds. The fraction of sp³-hybridized carbons (Fsp3) is 0.391. The summed E-state index contributed by atoms with van der Waals surface area (Å²) in [6.07, 6.45) is 2.57. The Kier molecular flexibility index (Phi) is 7.67. The molecule has 1 fully saturated rings. The first-order valence-corrected chi connectivity index (χ1v) is 10.5. The Bertz CT molecular complexity index is 805. The van der Waals surface area contributed by atoms with Crippen LogP contribution in [0.2, 0.25) is 5.02 Å². The van der Waals surface area contributed by atoms with Crippen molar-refractivity contribution in [2.45, 2.75) is 38.3 Å². The maximum absolute atomic E-state index is 12.7. The average molecular weight is 414 g/mol. The van der Waals surface area contributed by atoms with Gasteiger partial charge in [0, 0.05) is 18.5 Å². The lowest BCUT2D eigenvalue weighted by Crippen LogP contribution is -2.38. The van der Waals surface area contributed by atoms with Crippen LogP contribution in [0.4, 0.5) is 0 Å². The third-order valence-corrected chi connectivity index (χ3v) is 5.55. The van der Waals surface area contributed by atoms with E-state index in [2.05, 4.69) is 27.7 Å². The molecule has 29 heavy (non-hydrogen) atoms. The monoisotopic (exact) mass is 413 g/mol. The van der Waals surface area contributed by atoms with E-state index in [-0.39, 0.29) is 30.3 Å². The van der Waals surface area contributed by atoms with Crippen molar-refractivity contribution in [3.63, 3.8) is 0 Å². The number of halogens is 1. The van der Waals surface area contributed by atoms with Gasteiger partial charge in [-0.15, -0.1) is 0 Å². The number of rotatable bonds is 8. The van der Waals surface area contributed by atoms with E-state index < -0.39 is 0 Å². The van der Waals surface area contributed by atoms with Crippen LogP contribution in [0.1, 0.15) is 49.4 Å². The van der Waals surface area contributed by atoms with Gasteiger partial charge in [0.15, 0.2) is 0 Å². The van der Waals surface area contributed by atoms with Crippen molar-refractivity contribution in [1.82, 2.24) is 15.5 Å². The summed E-state index contributed by atoms with van der Waals surface area (Å²) in [6.45, 7) is 4.11. The molecule has 0 unspecified atom stereocenters. The molecule has 1 heterocycles. The minimum atomic E-state index is -0.383. The Balaban J connectivity index is 1.65. The van der Waals surface area contributed by atoms with Crippen molar-refractivity contribution < 1.29 is 9.59 Å². The molecule has 2 aromatic carbocycles. The van der Waals surface area contributed by atoms with Gasteiger partial charge in [-0.25, -0.2) is 0 Å². The summed E-state index contributed by atoms with van der Waals surface area (Å²) < 4.78 is 0. The smallest absolute Gasteiger partial charge is 0.222 e. The lowest BCUT2D eigenvalue weighted by molar-refractivity contribution is -0.123. The molecule has 3 rings (SSSR count). The van der Waals surface area contributed by atoms with Gasteiger partial charge in [0.1, 0.15) is 0 Å². The van der Waals surface area contributed by atoms with E-state index in [4.69, 9.17) is 11.6 Å². The first kappa shape index (κ1) is 21.3. The zero-order valence-corrected chi connectivity index (χ0v) is 17.5. The summed E-state index contributed by atoms with van der Waals surface area (Å²) >= 11 is 5.96. The Labute approximate surface area is 177 Å². The number of hydrogen-bond acceptors (Lipinski definition) is 3. The van der Waals surface area contributed by atoms with Crippen molar-refractivity contribution >= 4 is 23.4 Å². The molecule has 0 aromatic heterocycles. The molecule has 1 aliphatic rings. The fourth-order valence-corrected chi connectivity index (χ4v) is 3.97. The van der Waals surface area contributed by atoms with Crippen LogP contribution in [-0.4, -0.2) is 36.3 Å². The topological polar surface area (TPSA) is 61.4 Å².